The van der Waals surface area contributed by atoms with E-state index in [1.807, 2.05) is 0 Å². The molecular weight excluding hydrogens is 424 g/mol. The van der Waals surface area contributed by atoms with E-state index in [-0.39, 0.29) is 34.8 Å². The molecule has 0 bridgehead atoms. The third kappa shape index (κ3) is 4.63. The molecule has 10 heteroatoms. The van der Waals surface area contributed by atoms with Gasteiger partial charge in [0.1, 0.15) is 15.6 Å². The van der Waals surface area contributed by atoms with E-state index in [1.54, 1.807) is 19.1 Å². The molecule has 0 radical (unpaired) electrons. The molecule has 166 valence electrons. The highest BCUT2D eigenvalue weighted by molar-refractivity contribution is 7.90. The average Bonchev–Trinajstić information content (AvgIpc) is 2.92. The molecule has 1 aromatic carbocycles. The van der Waals surface area contributed by atoms with Crippen LogP contribution in [0.4, 0.5) is 5.69 Å². The monoisotopic (exact) mass is 448 g/mol. The third-order valence-electron chi connectivity index (χ3n) is 5.08. The van der Waals surface area contributed by atoms with Crippen molar-refractivity contribution in [2.24, 2.45) is 5.92 Å². The first-order chi connectivity index (χ1) is 14.5. The Morgan fingerprint density at radius 3 is 2.65 bits per heavy atom. The summed E-state index contributed by atoms with van der Waals surface area (Å²) in [7, 11) is -3.59. The topological polar surface area (TPSA) is 130 Å². The van der Waals surface area contributed by atoms with E-state index in [0.29, 0.717) is 6.61 Å². The van der Waals surface area contributed by atoms with Gasteiger partial charge in [0.15, 0.2) is 5.76 Å². The van der Waals surface area contributed by atoms with Crippen molar-refractivity contribution in [3.63, 3.8) is 0 Å². The Bertz CT molecular complexity index is 1100. The molecule has 9 nitrogen and oxygen atoms in total. The first-order valence-electron chi connectivity index (χ1n) is 9.72. The summed E-state index contributed by atoms with van der Waals surface area (Å²) in [5.41, 5.74) is 0.318. The number of fused-ring (bicyclic) bond motifs is 1. The molecule has 2 aliphatic rings. The Morgan fingerprint density at radius 1 is 1.32 bits per heavy atom. The fourth-order valence-electron chi connectivity index (χ4n) is 3.86. The number of nitrogens with one attached hydrogen (secondary N) is 1. The van der Waals surface area contributed by atoms with E-state index in [4.69, 9.17) is 4.74 Å². The molecule has 0 spiro atoms. The first kappa shape index (κ1) is 22.5. The van der Waals surface area contributed by atoms with Gasteiger partial charge in [-0.25, -0.2) is 8.42 Å². The van der Waals surface area contributed by atoms with E-state index in [1.165, 1.54) is 25.1 Å². The lowest BCUT2D eigenvalue weighted by Gasteiger charge is -2.33. The normalized spacial score (nSPS) is 19.5. The summed E-state index contributed by atoms with van der Waals surface area (Å²) in [6.45, 7) is 3.32. The zero-order valence-electron chi connectivity index (χ0n) is 17.4. The SMILES string of the molecule is CCOC1=C(O)C=CC([C@@H](CS(C)(=O)=O)N2C(=O)c3cccc(NC(C)=O)c3C2=O)C1. The second-order valence-electron chi connectivity index (χ2n) is 7.52. The molecular formula is C21H24N2O7S. The number of aliphatic hydroxyl groups is 1. The number of imide groups is 1. The van der Waals surface area contributed by atoms with Crippen molar-refractivity contribution in [1.29, 1.82) is 0 Å². The molecule has 0 fully saturated rings. The van der Waals surface area contributed by atoms with Crippen molar-refractivity contribution in [1.82, 2.24) is 4.90 Å². The fraction of sp³-hybridized carbons (Fsp3) is 0.381. The number of carbonyl (C=O) groups excluding carboxylic acids is 3. The van der Waals surface area contributed by atoms with E-state index in [2.05, 4.69) is 5.32 Å². The number of rotatable bonds is 7. The Balaban J connectivity index is 2.03. The molecule has 0 aromatic heterocycles. The molecule has 1 heterocycles. The lowest BCUT2D eigenvalue weighted by molar-refractivity contribution is -0.114. The lowest BCUT2D eigenvalue weighted by atomic mass is 9.90. The first-order valence-corrected chi connectivity index (χ1v) is 11.8. The minimum Gasteiger partial charge on any atom is -0.504 e. The van der Waals surface area contributed by atoms with Crippen molar-refractivity contribution in [2.45, 2.75) is 26.3 Å². The maximum Gasteiger partial charge on any atom is 0.263 e. The van der Waals surface area contributed by atoms with E-state index < -0.39 is 45.3 Å². The summed E-state index contributed by atoms with van der Waals surface area (Å²) in [5.74, 6) is -2.57. The zero-order chi connectivity index (χ0) is 22.9. The molecule has 1 aromatic rings. The standard InChI is InChI=1S/C21H24N2O7S/c1-4-30-18-10-13(8-9-17(18)25)16(11-31(3,28)29)23-20(26)14-6-5-7-15(22-12(2)24)19(14)21(23)27/h5-9,13,16,25H,4,10-11H2,1-3H3,(H,22,24)/t13?,16-/m1/s1. The zero-order valence-corrected chi connectivity index (χ0v) is 18.2. The van der Waals surface area contributed by atoms with Crippen LogP contribution in [0.15, 0.2) is 41.9 Å². The maximum absolute atomic E-state index is 13.3. The molecule has 1 aliphatic carbocycles. The largest absolute Gasteiger partial charge is 0.504 e. The highest BCUT2D eigenvalue weighted by Crippen LogP contribution is 2.36. The van der Waals surface area contributed by atoms with Gasteiger partial charge in [-0.3, -0.25) is 19.3 Å². The number of amides is 3. The maximum atomic E-state index is 13.3. The van der Waals surface area contributed by atoms with Crippen molar-refractivity contribution in [2.75, 3.05) is 23.9 Å². The number of benzene rings is 1. The fourth-order valence-corrected chi connectivity index (χ4v) is 4.88. The highest BCUT2D eigenvalue weighted by Gasteiger charge is 2.45. The average molecular weight is 448 g/mol. The van der Waals surface area contributed by atoms with Crippen LogP contribution in [0, 0.1) is 5.92 Å². The molecule has 1 aliphatic heterocycles. The van der Waals surface area contributed by atoms with Gasteiger partial charge >= 0.3 is 0 Å². The van der Waals surface area contributed by atoms with Crippen LogP contribution in [0.3, 0.4) is 0 Å². The summed E-state index contributed by atoms with van der Waals surface area (Å²) < 4.78 is 29.8. The number of sulfone groups is 1. The van der Waals surface area contributed by atoms with Gasteiger partial charge < -0.3 is 15.2 Å². The van der Waals surface area contributed by atoms with E-state index >= 15 is 0 Å². The molecule has 2 atom stereocenters. The summed E-state index contributed by atoms with van der Waals surface area (Å²) in [6, 6.07) is 3.49. The van der Waals surface area contributed by atoms with Crippen molar-refractivity contribution < 1.29 is 32.6 Å². The van der Waals surface area contributed by atoms with Crippen LogP contribution >= 0.6 is 0 Å². The predicted octanol–water partition coefficient (Wildman–Crippen LogP) is 2.04. The Morgan fingerprint density at radius 2 is 2.03 bits per heavy atom. The highest BCUT2D eigenvalue weighted by atomic mass is 32.2. The number of hydrogen-bond donors (Lipinski definition) is 2. The summed E-state index contributed by atoms with van der Waals surface area (Å²) in [6.07, 6.45) is 4.12. The Kier molecular flexibility index (Phi) is 6.21. The van der Waals surface area contributed by atoms with Crippen LogP contribution in [-0.4, -0.2) is 60.8 Å². The summed E-state index contributed by atoms with van der Waals surface area (Å²) in [4.78, 5) is 38.9. The minimum atomic E-state index is -3.59. The molecule has 31 heavy (non-hydrogen) atoms. The van der Waals surface area contributed by atoms with Gasteiger partial charge in [0, 0.05) is 25.5 Å². The van der Waals surface area contributed by atoms with Gasteiger partial charge in [-0.2, -0.15) is 0 Å². The number of anilines is 1. The van der Waals surface area contributed by atoms with Crippen molar-refractivity contribution in [3.05, 3.63) is 53.0 Å². The minimum absolute atomic E-state index is 0.0319. The van der Waals surface area contributed by atoms with Crippen LogP contribution in [0.2, 0.25) is 0 Å². The van der Waals surface area contributed by atoms with E-state index in [0.717, 1.165) is 11.2 Å². The second kappa shape index (κ2) is 8.54. The number of allylic oxidation sites excluding steroid dienone is 2. The molecule has 3 amide bonds. The van der Waals surface area contributed by atoms with Crippen LogP contribution in [0.5, 0.6) is 0 Å². The number of aliphatic hydroxyl groups excluding tert-OH is 1. The Hall–Kier alpha value is -3.14. The Labute approximate surface area is 180 Å². The predicted molar refractivity (Wildman–Crippen MR) is 113 cm³/mol. The van der Waals surface area contributed by atoms with Crippen LogP contribution < -0.4 is 5.32 Å². The molecule has 3 rings (SSSR count). The number of ether oxygens (including phenoxy) is 1. The van der Waals surface area contributed by atoms with Crippen LogP contribution in [0.25, 0.3) is 0 Å². The molecule has 1 unspecified atom stereocenters. The van der Waals surface area contributed by atoms with Gasteiger partial charge in [0.2, 0.25) is 5.91 Å². The number of hydrogen-bond acceptors (Lipinski definition) is 7. The van der Waals surface area contributed by atoms with Gasteiger partial charge in [-0.1, -0.05) is 12.1 Å². The summed E-state index contributed by atoms with van der Waals surface area (Å²) >= 11 is 0. The van der Waals surface area contributed by atoms with Crippen LogP contribution in [0.1, 0.15) is 41.0 Å². The second-order valence-corrected chi connectivity index (χ2v) is 9.70. The van der Waals surface area contributed by atoms with Gasteiger partial charge in [0.25, 0.3) is 11.8 Å². The number of nitrogens with zero attached hydrogens (tertiary/aromatic N) is 1. The lowest BCUT2D eigenvalue weighted by Crippen LogP contribution is -2.48. The molecule has 2 N–H and O–H groups in total. The van der Waals surface area contributed by atoms with Crippen LogP contribution in [-0.2, 0) is 19.4 Å². The molecule has 0 saturated heterocycles. The van der Waals surface area contributed by atoms with Gasteiger partial charge in [-0.05, 0) is 25.1 Å². The van der Waals surface area contributed by atoms with Crippen molar-refractivity contribution >= 4 is 33.2 Å². The summed E-state index contributed by atoms with van der Waals surface area (Å²) in [5, 5.41) is 12.6. The smallest absolute Gasteiger partial charge is 0.263 e. The van der Waals surface area contributed by atoms with E-state index in [9.17, 15) is 27.9 Å². The van der Waals surface area contributed by atoms with Crippen molar-refractivity contribution in [3.8, 4) is 0 Å². The molecule has 0 saturated carbocycles. The van der Waals surface area contributed by atoms with Gasteiger partial charge in [0.05, 0.1) is 35.2 Å². The number of carbonyl (C=O) groups is 3. The quantitative estimate of drug-likeness (QED) is 0.611. The van der Waals surface area contributed by atoms with Gasteiger partial charge in [-0.15, -0.1) is 0 Å². The third-order valence-corrected chi connectivity index (χ3v) is 6.03.